The van der Waals surface area contributed by atoms with E-state index in [2.05, 4.69) is 0 Å². The number of benzene rings is 3. The molecule has 0 bridgehead atoms. The SMILES string of the molecule is O=C(C[n+]1ccn(CC(OCc2ccc(Cl)cc2)c2ccc(Cl)cc2)c1)c1ccc(F)cc1. The van der Waals surface area contributed by atoms with E-state index in [0.717, 1.165) is 11.1 Å². The molecule has 33 heavy (non-hydrogen) atoms. The van der Waals surface area contributed by atoms with Gasteiger partial charge in [-0.3, -0.25) is 4.79 Å². The number of hydrogen-bond acceptors (Lipinski definition) is 2. The molecule has 1 atom stereocenters. The van der Waals surface area contributed by atoms with Crippen LogP contribution in [0.4, 0.5) is 4.39 Å². The highest BCUT2D eigenvalue weighted by Gasteiger charge is 2.18. The van der Waals surface area contributed by atoms with Gasteiger partial charge in [-0.25, -0.2) is 13.5 Å². The first-order valence-corrected chi connectivity index (χ1v) is 11.2. The summed E-state index contributed by atoms with van der Waals surface area (Å²) in [5.41, 5.74) is 2.49. The molecule has 4 aromatic rings. The van der Waals surface area contributed by atoms with Crippen LogP contribution in [0.25, 0.3) is 0 Å². The van der Waals surface area contributed by atoms with Gasteiger partial charge >= 0.3 is 0 Å². The zero-order chi connectivity index (χ0) is 23.2. The second kappa shape index (κ2) is 10.8. The van der Waals surface area contributed by atoms with Crippen LogP contribution < -0.4 is 4.57 Å². The van der Waals surface area contributed by atoms with Crippen LogP contribution in [0.1, 0.15) is 27.6 Å². The Bertz CT molecular complexity index is 1210. The van der Waals surface area contributed by atoms with Gasteiger partial charge in [0.2, 0.25) is 12.1 Å². The normalized spacial score (nSPS) is 12.0. The zero-order valence-electron chi connectivity index (χ0n) is 17.7. The van der Waals surface area contributed by atoms with Crippen LogP contribution >= 0.6 is 23.2 Å². The van der Waals surface area contributed by atoms with Gasteiger partial charge in [0.25, 0.3) is 0 Å². The van der Waals surface area contributed by atoms with E-state index in [1.54, 1.807) is 4.57 Å². The minimum atomic E-state index is -0.364. The van der Waals surface area contributed by atoms with Crippen molar-refractivity contribution in [3.8, 4) is 0 Å². The van der Waals surface area contributed by atoms with Gasteiger partial charge in [-0.05, 0) is 59.7 Å². The van der Waals surface area contributed by atoms with Crippen molar-refractivity contribution >= 4 is 29.0 Å². The quantitative estimate of drug-likeness (QED) is 0.214. The van der Waals surface area contributed by atoms with Crippen molar-refractivity contribution in [1.82, 2.24) is 4.57 Å². The van der Waals surface area contributed by atoms with E-state index in [1.807, 2.05) is 71.8 Å². The second-order valence-corrected chi connectivity index (χ2v) is 8.56. The fourth-order valence-corrected chi connectivity index (χ4v) is 3.69. The fraction of sp³-hybridized carbons (Fsp3) is 0.154. The van der Waals surface area contributed by atoms with E-state index < -0.39 is 0 Å². The van der Waals surface area contributed by atoms with E-state index in [0.29, 0.717) is 28.8 Å². The molecule has 7 heteroatoms. The maximum atomic E-state index is 13.1. The number of carbonyl (C=O) groups is 1. The highest BCUT2D eigenvalue weighted by molar-refractivity contribution is 6.30. The summed E-state index contributed by atoms with van der Waals surface area (Å²) < 4.78 is 23.1. The lowest BCUT2D eigenvalue weighted by molar-refractivity contribution is -0.682. The molecule has 0 amide bonds. The highest BCUT2D eigenvalue weighted by atomic mass is 35.5. The molecule has 0 spiro atoms. The van der Waals surface area contributed by atoms with Crippen molar-refractivity contribution in [2.75, 3.05) is 0 Å². The van der Waals surface area contributed by atoms with Gasteiger partial charge in [0.05, 0.1) is 6.61 Å². The summed E-state index contributed by atoms with van der Waals surface area (Å²) >= 11 is 12.0. The van der Waals surface area contributed by atoms with Crippen LogP contribution in [-0.4, -0.2) is 10.4 Å². The number of Topliss-reactive ketones (excluding diaryl/α,β-unsaturated/α-hetero) is 1. The van der Waals surface area contributed by atoms with Crippen molar-refractivity contribution < 1.29 is 18.5 Å². The fourth-order valence-electron chi connectivity index (χ4n) is 3.43. The molecule has 1 unspecified atom stereocenters. The van der Waals surface area contributed by atoms with Crippen molar-refractivity contribution in [3.05, 3.63) is 124 Å². The van der Waals surface area contributed by atoms with Crippen LogP contribution in [-0.2, 0) is 24.4 Å². The number of ether oxygens (including phenoxy) is 1. The Kier molecular flexibility index (Phi) is 7.55. The largest absolute Gasteiger partial charge is 0.365 e. The molecule has 4 nitrogen and oxygen atoms in total. The number of aromatic nitrogens is 2. The Morgan fingerprint density at radius 3 is 2.24 bits per heavy atom. The molecule has 0 radical (unpaired) electrons. The Balaban J connectivity index is 1.45. The summed E-state index contributed by atoms with van der Waals surface area (Å²) in [5.74, 6) is -0.455. The van der Waals surface area contributed by atoms with Crippen molar-refractivity contribution in [2.45, 2.75) is 25.8 Å². The second-order valence-electron chi connectivity index (χ2n) is 7.69. The molecule has 0 fully saturated rings. The van der Waals surface area contributed by atoms with Gasteiger partial charge in [-0.15, -0.1) is 0 Å². The number of halogens is 3. The highest BCUT2D eigenvalue weighted by Crippen LogP contribution is 2.23. The van der Waals surface area contributed by atoms with Crippen molar-refractivity contribution in [1.29, 1.82) is 0 Å². The summed E-state index contributed by atoms with van der Waals surface area (Å²) in [6.07, 6.45) is 5.36. The summed E-state index contributed by atoms with van der Waals surface area (Å²) in [6.45, 7) is 1.14. The Morgan fingerprint density at radius 1 is 0.939 bits per heavy atom. The molecule has 1 aromatic heterocycles. The molecule has 4 rings (SSSR count). The first-order chi connectivity index (χ1) is 16.0. The van der Waals surface area contributed by atoms with Crippen LogP contribution in [0, 0.1) is 5.82 Å². The zero-order valence-corrected chi connectivity index (χ0v) is 19.2. The van der Waals surface area contributed by atoms with Gasteiger partial charge in [0.1, 0.15) is 30.9 Å². The van der Waals surface area contributed by atoms with Gasteiger partial charge in [-0.1, -0.05) is 47.5 Å². The molecule has 0 aliphatic carbocycles. The monoisotopic (exact) mass is 483 g/mol. The number of rotatable bonds is 9. The molecule has 168 valence electrons. The van der Waals surface area contributed by atoms with E-state index >= 15 is 0 Å². The lowest BCUT2D eigenvalue weighted by Gasteiger charge is -2.17. The minimum absolute atomic E-state index is 0.0917. The predicted octanol–water partition coefficient (Wildman–Crippen LogP) is 6.06. The van der Waals surface area contributed by atoms with E-state index in [-0.39, 0.29) is 24.2 Å². The standard InChI is InChI=1S/C26H22Cl2FN2O2/c27-22-7-1-19(2-8-22)17-33-26(21-3-9-23(28)10-4-21)16-31-14-13-30(18-31)15-25(32)20-5-11-24(29)12-6-20/h1-14,18,26H,15-17H2/q+1. The molecule has 0 aliphatic heterocycles. The number of imidazole rings is 1. The van der Waals surface area contributed by atoms with Crippen molar-refractivity contribution in [2.24, 2.45) is 0 Å². The van der Waals surface area contributed by atoms with Crippen LogP contribution in [0.3, 0.4) is 0 Å². The summed E-state index contributed by atoms with van der Waals surface area (Å²) in [6, 6.07) is 20.7. The van der Waals surface area contributed by atoms with Crippen LogP contribution in [0.2, 0.25) is 10.0 Å². The number of ketones is 1. The summed E-state index contributed by atoms with van der Waals surface area (Å²) in [4.78, 5) is 12.5. The summed E-state index contributed by atoms with van der Waals surface area (Å²) in [5, 5.41) is 1.34. The van der Waals surface area contributed by atoms with Crippen LogP contribution in [0.5, 0.6) is 0 Å². The Morgan fingerprint density at radius 2 is 1.58 bits per heavy atom. The summed E-state index contributed by atoms with van der Waals surface area (Å²) in [7, 11) is 0. The molecular formula is C26H22Cl2FN2O2+. The maximum Gasteiger partial charge on any atom is 0.244 e. The molecule has 1 heterocycles. The van der Waals surface area contributed by atoms with Gasteiger partial charge in [0, 0.05) is 15.6 Å². The topological polar surface area (TPSA) is 35.1 Å². The predicted molar refractivity (Wildman–Crippen MR) is 126 cm³/mol. The maximum absolute atomic E-state index is 13.1. The van der Waals surface area contributed by atoms with Gasteiger partial charge in [0.15, 0.2) is 6.54 Å². The number of nitrogens with zero attached hydrogens (tertiary/aromatic N) is 2. The van der Waals surface area contributed by atoms with Crippen molar-refractivity contribution in [3.63, 3.8) is 0 Å². The average Bonchev–Trinajstić information content (AvgIpc) is 3.25. The third-order valence-corrected chi connectivity index (χ3v) is 5.73. The Hall–Kier alpha value is -2.99. The number of hydrogen-bond donors (Lipinski definition) is 0. The van der Waals surface area contributed by atoms with E-state index in [4.69, 9.17) is 27.9 Å². The Labute approximate surface area is 201 Å². The molecule has 0 aliphatic rings. The van der Waals surface area contributed by atoms with E-state index in [1.165, 1.54) is 24.3 Å². The lowest BCUT2D eigenvalue weighted by Crippen LogP contribution is -2.36. The molecule has 0 saturated carbocycles. The smallest absolute Gasteiger partial charge is 0.244 e. The molecular weight excluding hydrogens is 462 g/mol. The molecule has 0 saturated heterocycles. The van der Waals surface area contributed by atoms with Crippen LogP contribution in [0.15, 0.2) is 91.5 Å². The first-order valence-electron chi connectivity index (χ1n) is 10.4. The third kappa shape index (κ3) is 6.51. The third-order valence-electron chi connectivity index (χ3n) is 5.22. The molecule has 0 N–H and O–H groups in total. The van der Waals surface area contributed by atoms with E-state index in [9.17, 15) is 9.18 Å². The van der Waals surface area contributed by atoms with Gasteiger partial charge < -0.3 is 4.74 Å². The van der Waals surface area contributed by atoms with Gasteiger partial charge in [-0.2, -0.15) is 0 Å². The number of carbonyl (C=O) groups excluding carboxylic acids is 1. The first kappa shape index (κ1) is 23.2. The average molecular weight is 484 g/mol. The lowest BCUT2D eigenvalue weighted by atomic mass is 10.1. The molecule has 3 aromatic carbocycles. The minimum Gasteiger partial charge on any atom is -0.365 e.